The van der Waals surface area contributed by atoms with Gasteiger partial charge in [-0.25, -0.2) is 4.39 Å². The van der Waals surface area contributed by atoms with Crippen molar-refractivity contribution in [3.05, 3.63) is 58.5 Å². The second-order valence-corrected chi connectivity index (χ2v) is 11.0. The number of piperidine rings is 1. The Hall–Kier alpha value is -2.90. The predicted octanol–water partition coefficient (Wildman–Crippen LogP) is 4.59. The molecule has 6 nitrogen and oxygen atoms in total. The number of anilines is 2. The molecule has 0 bridgehead atoms. The Morgan fingerprint density at radius 2 is 1.78 bits per heavy atom. The van der Waals surface area contributed by atoms with Gasteiger partial charge in [-0.2, -0.15) is 0 Å². The van der Waals surface area contributed by atoms with Crippen molar-refractivity contribution in [3.63, 3.8) is 0 Å². The topological polar surface area (TPSA) is 74.6 Å². The van der Waals surface area contributed by atoms with Gasteiger partial charge in [-0.3, -0.25) is 4.79 Å². The molecule has 3 aliphatic heterocycles. The molecule has 7 rings (SSSR count). The van der Waals surface area contributed by atoms with Crippen LogP contribution in [0, 0.1) is 5.82 Å². The summed E-state index contributed by atoms with van der Waals surface area (Å²) < 4.78 is 21.5. The quantitative estimate of drug-likeness (QED) is 0.516. The van der Waals surface area contributed by atoms with Crippen LogP contribution in [0.2, 0.25) is 0 Å². The second-order valence-electron chi connectivity index (χ2n) is 11.0. The molecule has 0 unspecified atom stereocenters. The van der Waals surface area contributed by atoms with Crippen LogP contribution in [-0.4, -0.2) is 61.1 Å². The van der Waals surface area contributed by atoms with Crippen LogP contribution in [0.15, 0.2) is 30.3 Å². The molecule has 7 heteroatoms. The van der Waals surface area contributed by atoms with E-state index in [9.17, 15) is 4.79 Å². The lowest BCUT2D eigenvalue weighted by Gasteiger charge is -2.43. The van der Waals surface area contributed by atoms with Crippen LogP contribution in [0.5, 0.6) is 0 Å². The van der Waals surface area contributed by atoms with E-state index in [1.165, 1.54) is 32.0 Å². The zero-order valence-corrected chi connectivity index (χ0v) is 20.6. The van der Waals surface area contributed by atoms with Crippen molar-refractivity contribution in [3.8, 4) is 0 Å². The maximum absolute atomic E-state index is 15.7. The molecule has 0 amide bonds. The summed E-state index contributed by atoms with van der Waals surface area (Å²) in [7, 11) is 0. The fourth-order valence-electron chi connectivity index (χ4n) is 7.29. The molecule has 3 fully saturated rings. The molecule has 2 aromatic carbocycles. The van der Waals surface area contributed by atoms with Crippen LogP contribution >= 0.6 is 0 Å². The first-order chi connectivity index (χ1) is 17.5. The number of rotatable bonds is 2. The van der Waals surface area contributed by atoms with Crippen molar-refractivity contribution >= 4 is 28.1 Å². The van der Waals surface area contributed by atoms with Crippen molar-refractivity contribution in [1.82, 2.24) is 9.88 Å². The fourth-order valence-corrected chi connectivity index (χ4v) is 7.29. The average Bonchev–Trinajstić information content (AvgIpc) is 3.57. The van der Waals surface area contributed by atoms with Crippen LogP contribution in [0.3, 0.4) is 0 Å². The summed E-state index contributed by atoms with van der Waals surface area (Å²) in [6.45, 7) is 5.30. The van der Waals surface area contributed by atoms with Crippen LogP contribution in [0.4, 0.5) is 15.8 Å². The maximum atomic E-state index is 15.7. The molecule has 1 spiro atoms. The Morgan fingerprint density at radius 3 is 2.53 bits per heavy atom. The van der Waals surface area contributed by atoms with Gasteiger partial charge in [-0.05, 0) is 81.4 Å². The Morgan fingerprint density at radius 1 is 1.03 bits per heavy atom. The number of ketones is 1. The van der Waals surface area contributed by atoms with E-state index in [1.54, 1.807) is 0 Å². The molecule has 0 radical (unpaired) electrons. The molecule has 3 saturated heterocycles. The zero-order valence-electron chi connectivity index (χ0n) is 20.6. The Labute approximate surface area is 210 Å². The van der Waals surface area contributed by atoms with Crippen molar-refractivity contribution in [2.24, 2.45) is 0 Å². The summed E-state index contributed by atoms with van der Waals surface area (Å²) >= 11 is 0. The summed E-state index contributed by atoms with van der Waals surface area (Å²) in [6.07, 6.45) is 6.21. The number of aromatic nitrogens is 1. The number of nitrogen functional groups attached to an aromatic ring is 1. The smallest absolute Gasteiger partial charge is 0.195 e. The summed E-state index contributed by atoms with van der Waals surface area (Å²) in [5.41, 5.74) is 10.8. The van der Waals surface area contributed by atoms with Crippen molar-refractivity contribution in [2.75, 3.05) is 50.0 Å². The highest BCUT2D eigenvalue weighted by atomic mass is 19.1. The molecule has 36 heavy (non-hydrogen) atoms. The number of ether oxygens (including phenoxy) is 1. The number of carbonyl (C=O) groups excluding carboxylic acids is 1. The SMILES string of the molecule is Nc1ccc2c3c([nH]c2c1)C1(CCOCC1)c1cc(N2CCC(N4CCCC4)CC2)c(F)cc1C3=O. The molecule has 1 aliphatic carbocycles. The highest BCUT2D eigenvalue weighted by molar-refractivity contribution is 6.20. The Bertz CT molecular complexity index is 1350. The molecular weight excluding hydrogens is 455 g/mol. The third-order valence-corrected chi connectivity index (χ3v) is 9.18. The molecule has 188 valence electrons. The van der Waals surface area contributed by atoms with Crippen molar-refractivity contribution in [1.29, 1.82) is 0 Å². The first-order valence-electron chi connectivity index (χ1n) is 13.4. The second kappa shape index (κ2) is 8.32. The lowest BCUT2D eigenvalue weighted by molar-refractivity contribution is 0.0601. The first-order valence-corrected chi connectivity index (χ1v) is 13.4. The first kappa shape index (κ1) is 22.3. The van der Waals surface area contributed by atoms with Crippen molar-refractivity contribution in [2.45, 2.75) is 50.0 Å². The Balaban J connectivity index is 1.31. The van der Waals surface area contributed by atoms with Crippen LogP contribution < -0.4 is 10.6 Å². The van der Waals surface area contributed by atoms with Crippen LogP contribution in [0.1, 0.15) is 65.7 Å². The predicted molar refractivity (Wildman–Crippen MR) is 139 cm³/mol. The van der Waals surface area contributed by atoms with Crippen LogP contribution in [0.25, 0.3) is 10.9 Å². The lowest BCUT2D eigenvalue weighted by atomic mass is 9.64. The molecule has 0 saturated carbocycles. The van der Waals surface area contributed by atoms with E-state index in [4.69, 9.17) is 10.5 Å². The van der Waals surface area contributed by atoms with Gasteiger partial charge < -0.3 is 25.3 Å². The number of benzene rings is 2. The van der Waals surface area contributed by atoms with E-state index in [0.29, 0.717) is 41.8 Å². The third kappa shape index (κ3) is 3.25. The van der Waals surface area contributed by atoms with E-state index < -0.39 is 5.41 Å². The number of fused-ring (bicyclic) bond motifs is 6. The van der Waals surface area contributed by atoms with Crippen LogP contribution in [-0.2, 0) is 10.2 Å². The van der Waals surface area contributed by atoms with Gasteiger partial charge in [0.25, 0.3) is 0 Å². The van der Waals surface area contributed by atoms with E-state index in [0.717, 1.165) is 60.9 Å². The maximum Gasteiger partial charge on any atom is 0.195 e. The third-order valence-electron chi connectivity index (χ3n) is 9.18. The number of halogens is 1. The van der Waals surface area contributed by atoms with Gasteiger partial charge in [0, 0.05) is 65.6 Å². The highest BCUT2D eigenvalue weighted by Gasteiger charge is 2.47. The highest BCUT2D eigenvalue weighted by Crippen LogP contribution is 2.50. The number of H-pyrrole nitrogens is 1. The molecule has 4 aliphatic rings. The monoisotopic (exact) mass is 488 g/mol. The summed E-state index contributed by atoms with van der Waals surface area (Å²) in [6, 6.07) is 9.73. The van der Waals surface area contributed by atoms with E-state index in [2.05, 4.69) is 14.8 Å². The average molecular weight is 489 g/mol. The summed E-state index contributed by atoms with van der Waals surface area (Å²) in [5.74, 6) is -0.400. The molecule has 4 heterocycles. The standard InChI is InChI=1S/C29H33FN4O2/c30-23-16-21-22(17-25(23)34-11-5-19(6-12-34)33-9-1-2-10-33)29(7-13-36-14-8-29)28-26(27(21)35)20-4-3-18(31)15-24(20)32-28/h3-4,15-17,19,32H,1-2,5-14,31H2. The molecule has 3 aromatic rings. The fraction of sp³-hybridized carbons (Fsp3) is 0.483. The van der Waals surface area contributed by atoms with Crippen molar-refractivity contribution < 1.29 is 13.9 Å². The lowest BCUT2D eigenvalue weighted by Crippen LogP contribution is -2.44. The van der Waals surface area contributed by atoms with Gasteiger partial charge in [-0.15, -0.1) is 0 Å². The Kier molecular flexibility index (Phi) is 5.15. The zero-order chi connectivity index (χ0) is 24.4. The minimum atomic E-state index is -0.402. The number of nitrogens with zero attached hydrogens (tertiary/aromatic N) is 2. The number of nitrogens with two attached hydrogens (primary N) is 1. The molecular formula is C29H33FN4O2. The van der Waals surface area contributed by atoms with E-state index in [-0.39, 0.29) is 11.6 Å². The number of carbonyl (C=O) groups is 1. The van der Waals surface area contributed by atoms with Gasteiger partial charge in [0.05, 0.1) is 11.3 Å². The number of aromatic amines is 1. The number of likely N-dealkylation sites (tertiary alicyclic amines) is 1. The number of hydrogen-bond acceptors (Lipinski definition) is 5. The van der Waals surface area contributed by atoms with Gasteiger partial charge in [-0.1, -0.05) is 6.07 Å². The molecule has 1 aromatic heterocycles. The normalized spacial score (nSPS) is 22.4. The minimum Gasteiger partial charge on any atom is -0.399 e. The van der Waals surface area contributed by atoms with Gasteiger partial charge in [0.1, 0.15) is 5.82 Å². The minimum absolute atomic E-state index is 0.105. The van der Waals surface area contributed by atoms with Gasteiger partial charge in [0.15, 0.2) is 5.78 Å². The largest absolute Gasteiger partial charge is 0.399 e. The molecule has 0 atom stereocenters. The van der Waals surface area contributed by atoms with E-state index >= 15 is 4.39 Å². The summed E-state index contributed by atoms with van der Waals surface area (Å²) in [4.78, 5) is 22.2. The van der Waals surface area contributed by atoms with Gasteiger partial charge >= 0.3 is 0 Å². The number of hydrogen-bond donors (Lipinski definition) is 2. The summed E-state index contributed by atoms with van der Waals surface area (Å²) in [5, 5.41) is 0.856. The molecule has 3 N–H and O–H groups in total. The van der Waals surface area contributed by atoms with E-state index in [1.807, 2.05) is 24.3 Å². The van der Waals surface area contributed by atoms with Gasteiger partial charge in [0.2, 0.25) is 0 Å². The number of nitrogens with one attached hydrogen (secondary N) is 1.